The summed E-state index contributed by atoms with van der Waals surface area (Å²) in [5.74, 6) is 0.000786. The summed E-state index contributed by atoms with van der Waals surface area (Å²) in [6, 6.07) is 14.5. The van der Waals surface area contributed by atoms with Crippen LogP contribution in [0.4, 0.5) is 5.69 Å². The Kier molecular flexibility index (Phi) is 4.98. The number of sulfonamides is 1. The number of fused-ring (bicyclic) bond motifs is 1. The monoisotopic (exact) mass is 412 g/mol. The van der Waals surface area contributed by atoms with E-state index in [0.717, 1.165) is 17.5 Å². The molecule has 1 unspecified atom stereocenters. The molecule has 8 nitrogen and oxygen atoms in total. The standard InChI is InChI=1S/C20H20N4O4S/c1-29(26,27)24-13-19(28-18-5-3-2-4-17(18)24)20(25)22-12-15-6-8-16(9-7-15)23-11-10-21-14-23/h2-11,14,19H,12-13H2,1H3,(H,22,25). The second-order valence-corrected chi connectivity index (χ2v) is 8.63. The van der Waals surface area contributed by atoms with Crippen LogP contribution in [0.1, 0.15) is 5.56 Å². The largest absolute Gasteiger partial charge is 0.476 e. The van der Waals surface area contributed by atoms with Gasteiger partial charge in [0.05, 0.1) is 24.8 Å². The first kappa shape index (κ1) is 19.0. The minimum atomic E-state index is -3.53. The molecule has 0 radical (unpaired) electrons. The third-order valence-corrected chi connectivity index (χ3v) is 5.78. The molecule has 1 aliphatic rings. The number of nitrogens with one attached hydrogen (secondary N) is 1. The lowest BCUT2D eigenvalue weighted by Gasteiger charge is -2.33. The van der Waals surface area contributed by atoms with Gasteiger partial charge in [-0.1, -0.05) is 24.3 Å². The molecule has 0 saturated heterocycles. The molecule has 2 aromatic carbocycles. The maximum Gasteiger partial charge on any atom is 0.263 e. The van der Waals surface area contributed by atoms with Crippen molar-refractivity contribution >= 4 is 21.6 Å². The first-order valence-corrected chi connectivity index (χ1v) is 10.8. The van der Waals surface area contributed by atoms with Crippen molar-refractivity contribution in [1.82, 2.24) is 14.9 Å². The minimum absolute atomic E-state index is 0.0682. The van der Waals surface area contributed by atoms with Crippen molar-refractivity contribution in [2.45, 2.75) is 12.6 Å². The van der Waals surface area contributed by atoms with E-state index in [4.69, 9.17) is 4.74 Å². The summed E-state index contributed by atoms with van der Waals surface area (Å²) < 4.78 is 33.2. The fourth-order valence-corrected chi connectivity index (χ4v) is 4.07. The number of nitrogens with zero attached hydrogens (tertiary/aromatic N) is 3. The van der Waals surface area contributed by atoms with E-state index in [-0.39, 0.29) is 12.5 Å². The van der Waals surface area contributed by atoms with Gasteiger partial charge in [0.1, 0.15) is 5.75 Å². The third-order valence-electron chi connectivity index (χ3n) is 4.63. The van der Waals surface area contributed by atoms with Gasteiger partial charge in [-0.15, -0.1) is 0 Å². The van der Waals surface area contributed by atoms with Crippen LogP contribution < -0.4 is 14.4 Å². The van der Waals surface area contributed by atoms with Crippen LogP contribution in [0, 0.1) is 0 Å². The van der Waals surface area contributed by atoms with E-state index < -0.39 is 16.1 Å². The average molecular weight is 412 g/mol. The summed E-state index contributed by atoms with van der Waals surface area (Å²) in [7, 11) is -3.53. The highest BCUT2D eigenvalue weighted by Crippen LogP contribution is 2.34. The van der Waals surface area contributed by atoms with E-state index in [9.17, 15) is 13.2 Å². The molecule has 0 saturated carbocycles. The van der Waals surface area contributed by atoms with E-state index in [1.54, 1.807) is 36.8 Å². The highest BCUT2D eigenvalue weighted by atomic mass is 32.2. The van der Waals surface area contributed by atoms with Crippen molar-refractivity contribution in [3.05, 3.63) is 72.8 Å². The number of carbonyl (C=O) groups excluding carboxylic acids is 1. The van der Waals surface area contributed by atoms with Crippen LogP contribution in [-0.2, 0) is 21.4 Å². The Morgan fingerprint density at radius 2 is 1.97 bits per heavy atom. The molecule has 0 spiro atoms. The topological polar surface area (TPSA) is 93.5 Å². The van der Waals surface area contributed by atoms with Crippen LogP contribution in [0.2, 0.25) is 0 Å². The molecule has 1 atom stereocenters. The molecule has 1 amide bonds. The Morgan fingerprint density at radius 1 is 1.21 bits per heavy atom. The summed E-state index contributed by atoms with van der Waals surface area (Å²) in [5, 5.41) is 2.82. The number of rotatable bonds is 5. The summed E-state index contributed by atoms with van der Waals surface area (Å²) >= 11 is 0. The number of imidazole rings is 1. The zero-order valence-corrected chi connectivity index (χ0v) is 16.5. The average Bonchev–Trinajstić information content (AvgIpc) is 3.25. The van der Waals surface area contributed by atoms with Gasteiger partial charge in [-0.25, -0.2) is 13.4 Å². The summed E-state index contributed by atoms with van der Waals surface area (Å²) in [6.45, 7) is 0.241. The quantitative estimate of drug-likeness (QED) is 0.689. The molecule has 9 heteroatoms. The second-order valence-electron chi connectivity index (χ2n) is 6.72. The SMILES string of the molecule is CS(=O)(=O)N1CC(C(=O)NCc2ccc(-n3ccnc3)cc2)Oc2ccccc21. The van der Waals surface area contributed by atoms with Crippen molar-refractivity contribution in [1.29, 1.82) is 0 Å². The molecule has 1 N–H and O–H groups in total. The number of ether oxygens (including phenoxy) is 1. The lowest BCUT2D eigenvalue weighted by molar-refractivity contribution is -0.127. The fourth-order valence-electron chi connectivity index (χ4n) is 3.15. The van der Waals surface area contributed by atoms with Gasteiger partial charge < -0.3 is 14.6 Å². The van der Waals surface area contributed by atoms with Crippen molar-refractivity contribution in [3.8, 4) is 11.4 Å². The van der Waals surface area contributed by atoms with Gasteiger partial charge in [-0.3, -0.25) is 9.10 Å². The van der Waals surface area contributed by atoms with Gasteiger partial charge in [-0.05, 0) is 29.8 Å². The lowest BCUT2D eigenvalue weighted by atomic mass is 10.2. The van der Waals surface area contributed by atoms with E-state index in [2.05, 4.69) is 10.3 Å². The zero-order valence-electron chi connectivity index (χ0n) is 15.7. The number of para-hydroxylation sites is 2. The summed E-state index contributed by atoms with van der Waals surface area (Å²) in [5.41, 5.74) is 2.32. The molecule has 0 aliphatic carbocycles. The van der Waals surface area contributed by atoms with Gasteiger partial charge in [0.25, 0.3) is 5.91 Å². The predicted octanol–water partition coefficient (Wildman–Crippen LogP) is 1.72. The normalized spacial score (nSPS) is 16.0. The number of carbonyl (C=O) groups is 1. The van der Waals surface area contributed by atoms with Gasteiger partial charge in [0, 0.05) is 24.6 Å². The van der Waals surface area contributed by atoms with Gasteiger partial charge >= 0.3 is 0 Å². The Hall–Kier alpha value is -3.33. The molecule has 0 fully saturated rings. The maximum absolute atomic E-state index is 12.6. The predicted molar refractivity (Wildman–Crippen MR) is 108 cm³/mol. The molecule has 2 heterocycles. The summed E-state index contributed by atoms with van der Waals surface area (Å²) in [4.78, 5) is 16.7. The molecule has 1 aromatic heterocycles. The minimum Gasteiger partial charge on any atom is -0.476 e. The van der Waals surface area contributed by atoms with Crippen molar-refractivity contribution in [3.63, 3.8) is 0 Å². The molecular weight excluding hydrogens is 392 g/mol. The first-order chi connectivity index (χ1) is 13.9. The van der Waals surface area contributed by atoms with Crippen molar-refractivity contribution in [2.75, 3.05) is 17.1 Å². The Labute approximate surface area is 168 Å². The molecule has 0 bridgehead atoms. The van der Waals surface area contributed by atoms with Crippen LogP contribution in [0.15, 0.2) is 67.3 Å². The number of hydrogen-bond acceptors (Lipinski definition) is 5. The Morgan fingerprint density at radius 3 is 2.66 bits per heavy atom. The van der Waals surface area contributed by atoms with E-state index in [1.165, 1.54) is 4.31 Å². The summed E-state index contributed by atoms with van der Waals surface area (Å²) in [6.07, 6.45) is 5.46. The smallest absolute Gasteiger partial charge is 0.263 e. The maximum atomic E-state index is 12.6. The molecule has 4 rings (SSSR count). The van der Waals surface area contributed by atoms with Crippen molar-refractivity contribution < 1.29 is 17.9 Å². The number of anilines is 1. The van der Waals surface area contributed by atoms with Gasteiger partial charge in [0.2, 0.25) is 10.0 Å². The van der Waals surface area contributed by atoms with Crippen LogP contribution in [0.25, 0.3) is 5.69 Å². The van der Waals surface area contributed by atoms with E-state index in [1.807, 2.05) is 35.0 Å². The van der Waals surface area contributed by atoms with Crippen LogP contribution in [0.5, 0.6) is 5.75 Å². The fraction of sp³-hybridized carbons (Fsp3) is 0.200. The Balaban J connectivity index is 1.44. The molecule has 150 valence electrons. The highest BCUT2D eigenvalue weighted by molar-refractivity contribution is 7.92. The molecular formula is C20H20N4O4S. The molecule has 3 aromatic rings. The van der Waals surface area contributed by atoms with Gasteiger partial charge in [-0.2, -0.15) is 0 Å². The third kappa shape index (κ3) is 4.09. The lowest BCUT2D eigenvalue weighted by Crippen LogP contribution is -2.50. The number of amides is 1. The van der Waals surface area contributed by atoms with Crippen LogP contribution in [-0.4, -0.2) is 42.8 Å². The van der Waals surface area contributed by atoms with E-state index >= 15 is 0 Å². The highest BCUT2D eigenvalue weighted by Gasteiger charge is 2.34. The molecule has 29 heavy (non-hydrogen) atoms. The number of hydrogen-bond donors (Lipinski definition) is 1. The zero-order chi connectivity index (χ0) is 20.4. The van der Waals surface area contributed by atoms with Crippen LogP contribution >= 0.6 is 0 Å². The Bertz CT molecular complexity index is 1110. The first-order valence-electron chi connectivity index (χ1n) is 9.00. The van der Waals surface area contributed by atoms with Crippen molar-refractivity contribution in [2.24, 2.45) is 0 Å². The molecule has 1 aliphatic heterocycles. The van der Waals surface area contributed by atoms with Crippen LogP contribution in [0.3, 0.4) is 0 Å². The number of aromatic nitrogens is 2. The second kappa shape index (κ2) is 7.59. The van der Waals surface area contributed by atoms with E-state index in [0.29, 0.717) is 18.0 Å². The van der Waals surface area contributed by atoms with Gasteiger partial charge in [0.15, 0.2) is 6.10 Å². The number of benzene rings is 2.